The number of hydrogen-bond acceptors (Lipinski definition) is 0. The zero-order chi connectivity index (χ0) is 7.23. The Labute approximate surface area is 62.9 Å². The second kappa shape index (κ2) is 4.10. The molecule has 0 spiro atoms. The van der Waals surface area contributed by atoms with E-state index in [1.807, 2.05) is 6.07 Å². The Kier molecular flexibility index (Phi) is 3.01. The third kappa shape index (κ3) is 2.22. The maximum atomic E-state index is 3.77. The molecule has 0 atom stereocenters. The molecule has 0 amide bonds. The Hall–Kier alpha value is -0.780. The summed E-state index contributed by atoms with van der Waals surface area (Å²) in [5.74, 6) is 0. The molecule has 52 valence electrons. The lowest BCUT2D eigenvalue weighted by Crippen LogP contribution is -1.78. The largest absolute Gasteiger partial charge is 0.0622 e. The second-order valence-corrected chi connectivity index (χ2v) is 2.26. The SMILES string of the molecule is [CH2]CC[CH]c1ccccc1. The van der Waals surface area contributed by atoms with Crippen molar-refractivity contribution in [3.8, 4) is 0 Å². The van der Waals surface area contributed by atoms with Crippen molar-refractivity contribution in [2.45, 2.75) is 12.8 Å². The monoisotopic (exact) mass is 132 g/mol. The van der Waals surface area contributed by atoms with E-state index in [2.05, 4.69) is 37.6 Å². The third-order valence-corrected chi connectivity index (χ3v) is 1.38. The van der Waals surface area contributed by atoms with Gasteiger partial charge in [0, 0.05) is 0 Å². The molecule has 2 radical (unpaired) electrons. The second-order valence-electron chi connectivity index (χ2n) is 2.26. The van der Waals surface area contributed by atoms with E-state index in [9.17, 15) is 0 Å². The highest BCUT2D eigenvalue weighted by molar-refractivity contribution is 5.21. The molecule has 0 nitrogen and oxygen atoms in total. The molecule has 0 aromatic heterocycles. The maximum absolute atomic E-state index is 3.77. The van der Waals surface area contributed by atoms with Gasteiger partial charge in [-0.25, -0.2) is 0 Å². The normalized spacial score (nSPS) is 9.70. The average Bonchev–Trinajstić information content (AvgIpc) is 2.03. The highest BCUT2D eigenvalue weighted by Crippen LogP contribution is 2.05. The molecule has 0 saturated heterocycles. The Balaban J connectivity index is 2.43. The third-order valence-electron chi connectivity index (χ3n) is 1.38. The fourth-order valence-electron chi connectivity index (χ4n) is 0.858. The van der Waals surface area contributed by atoms with E-state index >= 15 is 0 Å². The summed E-state index contributed by atoms with van der Waals surface area (Å²) in [5.41, 5.74) is 1.30. The fourth-order valence-corrected chi connectivity index (χ4v) is 0.858. The molecule has 1 rings (SSSR count). The van der Waals surface area contributed by atoms with Crippen molar-refractivity contribution in [1.82, 2.24) is 0 Å². The fraction of sp³-hybridized carbons (Fsp3) is 0.200. The summed E-state index contributed by atoms with van der Waals surface area (Å²) < 4.78 is 0. The van der Waals surface area contributed by atoms with Crippen LogP contribution in [-0.2, 0) is 0 Å². The molecule has 0 fully saturated rings. The lowest BCUT2D eigenvalue weighted by molar-refractivity contribution is 0.988. The summed E-state index contributed by atoms with van der Waals surface area (Å²) in [4.78, 5) is 0. The predicted molar refractivity (Wildman–Crippen MR) is 44.4 cm³/mol. The van der Waals surface area contributed by atoms with E-state index < -0.39 is 0 Å². The van der Waals surface area contributed by atoms with Crippen LogP contribution in [0.2, 0.25) is 0 Å². The first-order chi connectivity index (χ1) is 4.93. The molecule has 0 heteroatoms. The van der Waals surface area contributed by atoms with Crippen LogP contribution >= 0.6 is 0 Å². The molecule has 1 aromatic rings. The molecule has 0 saturated carbocycles. The van der Waals surface area contributed by atoms with E-state index in [4.69, 9.17) is 0 Å². The maximum Gasteiger partial charge on any atom is -0.00931 e. The number of benzene rings is 1. The lowest BCUT2D eigenvalue weighted by Gasteiger charge is -1.95. The van der Waals surface area contributed by atoms with Crippen LogP contribution in [0, 0.1) is 13.3 Å². The molecular weight excluding hydrogens is 120 g/mol. The van der Waals surface area contributed by atoms with Gasteiger partial charge in [-0.15, -0.1) is 0 Å². The van der Waals surface area contributed by atoms with Crippen LogP contribution in [0.25, 0.3) is 0 Å². The molecule has 10 heavy (non-hydrogen) atoms. The molecule has 0 aliphatic rings. The molecule has 0 aliphatic carbocycles. The van der Waals surface area contributed by atoms with Gasteiger partial charge in [0.1, 0.15) is 0 Å². The summed E-state index contributed by atoms with van der Waals surface area (Å²) in [6.45, 7) is 3.77. The zero-order valence-electron chi connectivity index (χ0n) is 6.09. The van der Waals surface area contributed by atoms with E-state index in [0.717, 1.165) is 12.8 Å². The van der Waals surface area contributed by atoms with Gasteiger partial charge in [0.2, 0.25) is 0 Å². The van der Waals surface area contributed by atoms with Gasteiger partial charge in [-0.3, -0.25) is 0 Å². The molecule has 0 bridgehead atoms. The highest BCUT2D eigenvalue weighted by Gasteiger charge is 1.87. The van der Waals surface area contributed by atoms with Crippen LogP contribution in [0.3, 0.4) is 0 Å². The summed E-state index contributed by atoms with van der Waals surface area (Å²) in [5, 5.41) is 0. The van der Waals surface area contributed by atoms with Gasteiger partial charge < -0.3 is 0 Å². The molecule has 0 N–H and O–H groups in total. The van der Waals surface area contributed by atoms with Crippen molar-refractivity contribution < 1.29 is 0 Å². The smallest absolute Gasteiger partial charge is 0.00931 e. The molecule has 0 heterocycles. The van der Waals surface area contributed by atoms with E-state index in [-0.39, 0.29) is 0 Å². The summed E-state index contributed by atoms with van der Waals surface area (Å²) in [6, 6.07) is 10.3. The van der Waals surface area contributed by atoms with Crippen molar-refractivity contribution in [2.75, 3.05) is 0 Å². The Bertz CT molecular complexity index is 165. The molecule has 0 unspecified atom stereocenters. The lowest BCUT2D eigenvalue weighted by atomic mass is 10.1. The topological polar surface area (TPSA) is 0 Å². The van der Waals surface area contributed by atoms with Crippen molar-refractivity contribution >= 4 is 0 Å². The van der Waals surface area contributed by atoms with E-state index in [1.165, 1.54) is 5.56 Å². The summed E-state index contributed by atoms with van der Waals surface area (Å²) >= 11 is 0. The summed E-state index contributed by atoms with van der Waals surface area (Å²) in [6.07, 6.45) is 4.26. The van der Waals surface area contributed by atoms with Crippen molar-refractivity contribution in [1.29, 1.82) is 0 Å². The molecule has 1 aromatic carbocycles. The van der Waals surface area contributed by atoms with Gasteiger partial charge in [-0.1, -0.05) is 43.7 Å². The quantitative estimate of drug-likeness (QED) is 0.593. The Morgan fingerprint density at radius 3 is 2.50 bits per heavy atom. The van der Waals surface area contributed by atoms with Crippen LogP contribution in [0.4, 0.5) is 0 Å². The average molecular weight is 132 g/mol. The van der Waals surface area contributed by atoms with Crippen molar-refractivity contribution in [3.63, 3.8) is 0 Å². The van der Waals surface area contributed by atoms with E-state index in [0.29, 0.717) is 0 Å². The van der Waals surface area contributed by atoms with Crippen LogP contribution in [0.5, 0.6) is 0 Å². The zero-order valence-corrected chi connectivity index (χ0v) is 6.09. The molecular formula is C10H12. The van der Waals surface area contributed by atoms with Crippen LogP contribution in [-0.4, -0.2) is 0 Å². The standard InChI is InChI=1S/C10H12/c1-2-3-7-10-8-5-4-6-9-10/h4-9H,1-3H2. The van der Waals surface area contributed by atoms with Gasteiger partial charge in [-0.05, 0) is 18.4 Å². The number of hydrogen-bond donors (Lipinski definition) is 0. The van der Waals surface area contributed by atoms with Crippen LogP contribution in [0.15, 0.2) is 30.3 Å². The minimum atomic E-state index is 0.981. The minimum Gasteiger partial charge on any atom is -0.0622 e. The van der Waals surface area contributed by atoms with Crippen molar-refractivity contribution in [3.05, 3.63) is 49.2 Å². The minimum absolute atomic E-state index is 0.981. The Morgan fingerprint density at radius 2 is 1.90 bits per heavy atom. The molecule has 0 aliphatic heterocycles. The predicted octanol–water partition coefficient (Wildman–Crippen LogP) is 2.85. The Morgan fingerprint density at radius 1 is 1.20 bits per heavy atom. The van der Waals surface area contributed by atoms with Gasteiger partial charge in [0.15, 0.2) is 0 Å². The van der Waals surface area contributed by atoms with Gasteiger partial charge in [0.25, 0.3) is 0 Å². The first kappa shape index (κ1) is 7.33. The van der Waals surface area contributed by atoms with Crippen molar-refractivity contribution in [2.24, 2.45) is 0 Å². The van der Waals surface area contributed by atoms with Gasteiger partial charge in [0.05, 0.1) is 0 Å². The first-order valence-corrected chi connectivity index (χ1v) is 3.61. The summed E-state index contributed by atoms with van der Waals surface area (Å²) in [7, 11) is 0. The number of rotatable bonds is 3. The highest BCUT2D eigenvalue weighted by atomic mass is 13.9. The first-order valence-electron chi connectivity index (χ1n) is 3.61. The van der Waals surface area contributed by atoms with Crippen LogP contribution in [0.1, 0.15) is 18.4 Å². The number of unbranched alkanes of at least 4 members (excludes halogenated alkanes) is 1. The van der Waals surface area contributed by atoms with E-state index in [1.54, 1.807) is 0 Å². The van der Waals surface area contributed by atoms with Crippen LogP contribution < -0.4 is 0 Å². The van der Waals surface area contributed by atoms with Gasteiger partial charge >= 0.3 is 0 Å². The van der Waals surface area contributed by atoms with Gasteiger partial charge in [-0.2, -0.15) is 0 Å².